The summed E-state index contributed by atoms with van der Waals surface area (Å²) in [5, 5.41) is 0. The van der Waals surface area contributed by atoms with E-state index in [1.54, 1.807) is 6.20 Å². The lowest BCUT2D eigenvalue weighted by molar-refractivity contribution is -0.134. The quantitative estimate of drug-likeness (QED) is 0.798. The highest BCUT2D eigenvalue weighted by Crippen LogP contribution is 2.44. The van der Waals surface area contributed by atoms with E-state index >= 15 is 0 Å². The summed E-state index contributed by atoms with van der Waals surface area (Å²) in [6.07, 6.45) is 10.6. The SMILES string of the molecule is CN1CC(c2ccccc2)CC2(CCN(C(=O)CCCn3ccnc3)CC2)C1. The van der Waals surface area contributed by atoms with Crippen LogP contribution >= 0.6 is 0 Å². The number of nitrogens with zero attached hydrogens (tertiary/aromatic N) is 4. The number of likely N-dealkylation sites (N-methyl/N-ethyl adjacent to an activating group) is 1. The molecule has 0 radical (unpaired) electrons. The molecule has 0 aliphatic carbocycles. The molecular weight excluding hydrogens is 348 g/mol. The van der Waals surface area contributed by atoms with Crippen molar-refractivity contribution in [3.05, 3.63) is 54.6 Å². The van der Waals surface area contributed by atoms with Crippen LogP contribution in [0.5, 0.6) is 0 Å². The first-order valence-corrected chi connectivity index (χ1v) is 10.6. The molecule has 0 saturated carbocycles. The number of piperidine rings is 2. The molecule has 2 aromatic rings. The van der Waals surface area contributed by atoms with Gasteiger partial charge in [-0.25, -0.2) is 4.98 Å². The summed E-state index contributed by atoms with van der Waals surface area (Å²) in [6.45, 7) is 5.01. The number of imidazole rings is 1. The molecule has 0 N–H and O–H groups in total. The molecule has 5 heteroatoms. The lowest BCUT2D eigenvalue weighted by Crippen LogP contribution is -2.51. The van der Waals surface area contributed by atoms with E-state index in [0.29, 0.717) is 23.7 Å². The van der Waals surface area contributed by atoms with Crippen molar-refractivity contribution in [2.24, 2.45) is 5.41 Å². The molecule has 2 aliphatic rings. The summed E-state index contributed by atoms with van der Waals surface area (Å²) in [4.78, 5) is 21.3. The normalized spacial score (nSPS) is 22.5. The van der Waals surface area contributed by atoms with E-state index in [2.05, 4.69) is 52.2 Å². The Morgan fingerprint density at radius 1 is 1.21 bits per heavy atom. The van der Waals surface area contributed by atoms with Gasteiger partial charge in [0, 0.05) is 51.5 Å². The summed E-state index contributed by atoms with van der Waals surface area (Å²) in [5.74, 6) is 0.927. The van der Waals surface area contributed by atoms with Gasteiger partial charge >= 0.3 is 0 Å². The zero-order valence-corrected chi connectivity index (χ0v) is 17.0. The number of rotatable bonds is 5. The number of aromatic nitrogens is 2. The highest BCUT2D eigenvalue weighted by Gasteiger charge is 2.41. The predicted octanol–water partition coefficient (Wildman–Crippen LogP) is 3.39. The van der Waals surface area contributed by atoms with E-state index in [-0.39, 0.29) is 0 Å². The number of benzene rings is 1. The van der Waals surface area contributed by atoms with Gasteiger partial charge in [0.05, 0.1) is 6.33 Å². The molecule has 1 amide bonds. The Bertz CT molecular complexity index is 750. The Kier molecular flexibility index (Phi) is 5.81. The number of carbonyl (C=O) groups excluding carboxylic acids is 1. The number of hydrogen-bond acceptors (Lipinski definition) is 3. The maximum atomic E-state index is 12.6. The van der Waals surface area contributed by atoms with Crippen LogP contribution in [0.25, 0.3) is 0 Å². The number of hydrogen-bond donors (Lipinski definition) is 0. The minimum absolute atomic E-state index is 0.318. The second-order valence-electron chi connectivity index (χ2n) is 8.79. The van der Waals surface area contributed by atoms with Crippen molar-refractivity contribution in [1.82, 2.24) is 19.4 Å². The minimum Gasteiger partial charge on any atom is -0.343 e. The van der Waals surface area contributed by atoms with Crippen molar-refractivity contribution in [1.29, 1.82) is 0 Å². The average Bonchev–Trinajstić information content (AvgIpc) is 3.22. The van der Waals surface area contributed by atoms with Gasteiger partial charge in [-0.2, -0.15) is 0 Å². The molecule has 1 unspecified atom stereocenters. The zero-order chi connectivity index (χ0) is 19.4. The summed E-state index contributed by atoms with van der Waals surface area (Å²) in [6, 6.07) is 11.0. The van der Waals surface area contributed by atoms with Crippen LogP contribution in [0, 0.1) is 5.41 Å². The van der Waals surface area contributed by atoms with Crippen LogP contribution in [0.1, 0.15) is 43.6 Å². The van der Waals surface area contributed by atoms with Gasteiger partial charge in [-0.3, -0.25) is 4.79 Å². The third kappa shape index (κ3) is 4.46. The number of carbonyl (C=O) groups is 1. The van der Waals surface area contributed by atoms with E-state index < -0.39 is 0 Å². The monoisotopic (exact) mass is 380 g/mol. The van der Waals surface area contributed by atoms with Crippen molar-refractivity contribution < 1.29 is 4.79 Å². The highest BCUT2D eigenvalue weighted by atomic mass is 16.2. The van der Waals surface area contributed by atoms with Gasteiger partial charge in [-0.1, -0.05) is 30.3 Å². The lowest BCUT2D eigenvalue weighted by Gasteiger charge is -2.49. The molecule has 3 heterocycles. The summed E-state index contributed by atoms with van der Waals surface area (Å²) < 4.78 is 2.04. The molecule has 1 aromatic heterocycles. The topological polar surface area (TPSA) is 41.4 Å². The molecule has 5 nitrogen and oxygen atoms in total. The van der Waals surface area contributed by atoms with Crippen molar-refractivity contribution in [3.63, 3.8) is 0 Å². The van der Waals surface area contributed by atoms with Crippen molar-refractivity contribution in [2.45, 2.75) is 44.6 Å². The van der Waals surface area contributed by atoms with Crippen molar-refractivity contribution >= 4 is 5.91 Å². The molecule has 2 saturated heterocycles. The third-order valence-electron chi connectivity index (χ3n) is 6.63. The predicted molar refractivity (Wildman–Crippen MR) is 111 cm³/mol. The third-order valence-corrected chi connectivity index (χ3v) is 6.63. The Labute approximate surface area is 168 Å². The van der Waals surface area contributed by atoms with E-state index in [0.717, 1.165) is 45.4 Å². The van der Waals surface area contributed by atoms with Crippen molar-refractivity contribution in [3.8, 4) is 0 Å². The first kappa shape index (κ1) is 19.2. The summed E-state index contributed by atoms with van der Waals surface area (Å²) >= 11 is 0. The minimum atomic E-state index is 0.318. The fourth-order valence-electron chi connectivity index (χ4n) is 5.20. The van der Waals surface area contributed by atoms with E-state index in [1.807, 2.05) is 17.1 Å². The van der Waals surface area contributed by atoms with Crippen LogP contribution in [-0.4, -0.2) is 58.5 Å². The van der Waals surface area contributed by atoms with Gasteiger partial charge < -0.3 is 14.4 Å². The molecule has 1 atom stereocenters. The molecule has 2 aliphatic heterocycles. The van der Waals surface area contributed by atoms with Gasteiger partial charge in [-0.15, -0.1) is 0 Å². The number of aryl methyl sites for hydroxylation is 1. The highest BCUT2D eigenvalue weighted by molar-refractivity contribution is 5.76. The van der Waals surface area contributed by atoms with Crippen LogP contribution in [-0.2, 0) is 11.3 Å². The Morgan fingerprint density at radius 2 is 2.00 bits per heavy atom. The van der Waals surface area contributed by atoms with Gasteiger partial charge in [0.1, 0.15) is 0 Å². The number of amides is 1. The standard InChI is InChI=1S/C23H32N4O/c1-25-17-21(20-6-3-2-4-7-20)16-23(18-25)9-13-27(14-10-23)22(28)8-5-12-26-15-11-24-19-26/h2-4,6-7,11,15,19,21H,5,8-10,12-14,16-18H2,1H3. The van der Waals surface area contributed by atoms with Crippen molar-refractivity contribution in [2.75, 3.05) is 33.2 Å². The Morgan fingerprint density at radius 3 is 2.71 bits per heavy atom. The average molecular weight is 381 g/mol. The van der Waals surface area contributed by atoms with Gasteiger partial charge in [0.25, 0.3) is 0 Å². The van der Waals surface area contributed by atoms with Crippen LogP contribution in [0.2, 0.25) is 0 Å². The summed E-state index contributed by atoms with van der Waals surface area (Å²) in [5.41, 5.74) is 1.83. The molecule has 28 heavy (non-hydrogen) atoms. The Hall–Kier alpha value is -2.14. The largest absolute Gasteiger partial charge is 0.343 e. The van der Waals surface area contributed by atoms with Gasteiger partial charge in [-0.05, 0) is 49.6 Å². The molecular formula is C23H32N4O. The Balaban J connectivity index is 1.30. The van der Waals surface area contributed by atoms with Gasteiger partial charge in [0.15, 0.2) is 0 Å². The van der Waals surface area contributed by atoms with E-state index in [1.165, 1.54) is 18.5 Å². The molecule has 2 fully saturated rings. The summed E-state index contributed by atoms with van der Waals surface area (Å²) in [7, 11) is 2.25. The van der Waals surface area contributed by atoms with Gasteiger partial charge in [0.2, 0.25) is 5.91 Å². The smallest absolute Gasteiger partial charge is 0.222 e. The molecule has 0 bridgehead atoms. The van der Waals surface area contributed by atoms with Crippen LogP contribution < -0.4 is 0 Å². The van der Waals surface area contributed by atoms with Crippen LogP contribution in [0.15, 0.2) is 49.1 Å². The van der Waals surface area contributed by atoms with Crippen LogP contribution in [0.4, 0.5) is 0 Å². The fraction of sp³-hybridized carbons (Fsp3) is 0.565. The first-order valence-electron chi connectivity index (χ1n) is 10.6. The lowest BCUT2D eigenvalue weighted by atomic mass is 9.68. The second kappa shape index (κ2) is 8.48. The maximum Gasteiger partial charge on any atom is 0.222 e. The zero-order valence-electron chi connectivity index (χ0n) is 17.0. The van der Waals surface area contributed by atoms with E-state index in [9.17, 15) is 4.79 Å². The van der Waals surface area contributed by atoms with Crippen LogP contribution in [0.3, 0.4) is 0 Å². The molecule has 4 rings (SSSR count). The first-order chi connectivity index (χ1) is 13.6. The number of likely N-dealkylation sites (tertiary alicyclic amines) is 2. The maximum absolute atomic E-state index is 12.6. The second-order valence-corrected chi connectivity index (χ2v) is 8.79. The molecule has 1 spiro atoms. The fourth-order valence-corrected chi connectivity index (χ4v) is 5.20. The molecule has 150 valence electrons. The van der Waals surface area contributed by atoms with E-state index in [4.69, 9.17) is 0 Å². The molecule has 1 aromatic carbocycles.